The van der Waals surface area contributed by atoms with E-state index in [1.165, 1.54) is 4.88 Å². The molecule has 5 nitrogen and oxygen atoms in total. The molecule has 1 aliphatic heterocycles. The van der Waals surface area contributed by atoms with E-state index in [1.54, 1.807) is 23.7 Å². The maximum atomic E-state index is 12.4. The van der Waals surface area contributed by atoms with Gasteiger partial charge in [0.05, 0.1) is 17.7 Å². The number of furan rings is 1. The van der Waals surface area contributed by atoms with Crippen molar-refractivity contribution in [2.24, 2.45) is 0 Å². The summed E-state index contributed by atoms with van der Waals surface area (Å²) in [5, 5.41) is 13.0. The number of para-hydroxylation sites is 1. The second-order valence-corrected chi connectivity index (χ2v) is 7.84. The van der Waals surface area contributed by atoms with Crippen LogP contribution < -0.4 is 5.32 Å². The number of amides is 1. The summed E-state index contributed by atoms with van der Waals surface area (Å²) in [6.07, 6.45) is 3.79. The number of aromatic hydroxyl groups is 1. The smallest absolute Gasteiger partial charge is 0.261 e. The molecule has 1 saturated heterocycles. The summed E-state index contributed by atoms with van der Waals surface area (Å²) in [6.45, 7) is 2.11. The van der Waals surface area contributed by atoms with E-state index >= 15 is 0 Å². The van der Waals surface area contributed by atoms with E-state index in [9.17, 15) is 9.90 Å². The molecule has 2 aromatic heterocycles. The van der Waals surface area contributed by atoms with Crippen LogP contribution in [0.5, 0.6) is 5.75 Å². The first-order valence-electron chi connectivity index (χ1n) is 9.12. The van der Waals surface area contributed by atoms with Crippen LogP contribution in [-0.2, 0) is 13.1 Å². The Balaban J connectivity index is 1.42. The lowest BCUT2D eigenvalue weighted by Gasteiger charge is -2.24. The number of hydrogen-bond acceptors (Lipinski definition) is 5. The lowest BCUT2D eigenvalue weighted by Crippen LogP contribution is -2.22. The van der Waals surface area contributed by atoms with Gasteiger partial charge in [-0.05, 0) is 49.7 Å². The van der Waals surface area contributed by atoms with Crippen molar-refractivity contribution in [3.8, 4) is 5.75 Å². The topological polar surface area (TPSA) is 65.7 Å². The second-order valence-electron chi connectivity index (χ2n) is 6.72. The molecule has 3 aromatic rings. The number of rotatable bonds is 6. The fourth-order valence-electron chi connectivity index (χ4n) is 3.52. The van der Waals surface area contributed by atoms with Crippen molar-refractivity contribution in [1.82, 2.24) is 10.2 Å². The van der Waals surface area contributed by atoms with Crippen LogP contribution >= 0.6 is 11.3 Å². The lowest BCUT2D eigenvalue weighted by molar-refractivity contribution is 0.0952. The van der Waals surface area contributed by atoms with Gasteiger partial charge in [0.2, 0.25) is 0 Å². The first kappa shape index (κ1) is 17.8. The molecule has 1 aliphatic rings. The minimum Gasteiger partial charge on any atom is -0.508 e. The molecule has 0 saturated carbocycles. The molecule has 0 spiro atoms. The van der Waals surface area contributed by atoms with E-state index in [2.05, 4.69) is 16.3 Å². The molecule has 0 radical (unpaired) electrons. The number of nitrogens with one attached hydrogen (secondary N) is 1. The van der Waals surface area contributed by atoms with E-state index < -0.39 is 0 Å². The summed E-state index contributed by atoms with van der Waals surface area (Å²) in [7, 11) is 0. The van der Waals surface area contributed by atoms with Gasteiger partial charge in [-0.15, -0.1) is 11.3 Å². The first-order chi connectivity index (χ1) is 13.2. The van der Waals surface area contributed by atoms with Gasteiger partial charge in [-0.25, -0.2) is 0 Å². The predicted octanol–water partition coefficient (Wildman–Crippen LogP) is 4.31. The number of carbonyl (C=O) groups excluding carboxylic acids is 1. The highest BCUT2D eigenvalue weighted by molar-refractivity contribution is 7.14. The second kappa shape index (κ2) is 7.98. The summed E-state index contributed by atoms with van der Waals surface area (Å²) < 4.78 is 5.25. The molecule has 0 bridgehead atoms. The highest BCUT2D eigenvalue weighted by atomic mass is 32.1. The van der Waals surface area contributed by atoms with Crippen LogP contribution in [0.15, 0.2) is 59.2 Å². The third kappa shape index (κ3) is 4.07. The van der Waals surface area contributed by atoms with Gasteiger partial charge in [-0.3, -0.25) is 9.69 Å². The number of hydrogen-bond donors (Lipinski definition) is 2. The van der Waals surface area contributed by atoms with Gasteiger partial charge >= 0.3 is 0 Å². The van der Waals surface area contributed by atoms with Crippen LogP contribution in [0.4, 0.5) is 0 Å². The highest BCUT2D eigenvalue weighted by Gasteiger charge is 2.28. The maximum absolute atomic E-state index is 12.4. The average Bonchev–Trinajstić information content (AvgIpc) is 3.43. The van der Waals surface area contributed by atoms with E-state index in [0.29, 0.717) is 23.2 Å². The van der Waals surface area contributed by atoms with E-state index in [-0.39, 0.29) is 5.91 Å². The molecule has 2 N–H and O–H groups in total. The molecule has 1 aromatic carbocycles. The number of carbonyl (C=O) groups is 1. The van der Waals surface area contributed by atoms with Gasteiger partial charge in [0.1, 0.15) is 11.5 Å². The standard InChI is InChI=1S/C21H22N2O3S/c24-18-8-2-1-5-15(18)14-23-11-3-7-17(23)19-9-10-20(27-19)21(25)22-13-16-6-4-12-26-16/h1-2,4-6,8-10,12,17,24H,3,7,11,13-14H2,(H,22,25)/t17-/m1/s1. The number of thiophene rings is 1. The third-order valence-electron chi connectivity index (χ3n) is 4.91. The molecule has 3 heterocycles. The average molecular weight is 382 g/mol. The first-order valence-corrected chi connectivity index (χ1v) is 9.93. The van der Waals surface area contributed by atoms with Crippen molar-refractivity contribution in [3.05, 3.63) is 75.9 Å². The molecule has 140 valence electrons. The van der Waals surface area contributed by atoms with Gasteiger partial charge in [0.25, 0.3) is 5.91 Å². The van der Waals surface area contributed by atoms with Crippen LogP contribution in [0.25, 0.3) is 0 Å². The Hall–Kier alpha value is -2.57. The molecule has 1 amide bonds. The Bertz CT molecular complexity index is 904. The van der Waals surface area contributed by atoms with Crippen molar-refractivity contribution >= 4 is 17.2 Å². The zero-order chi connectivity index (χ0) is 18.6. The Kier molecular flexibility index (Phi) is 5.27. The van der Waals surface area contributed by atoms with Gasteiger partial charge in [-0.2, -0.15) is 0 Å². The minimum atomic E-state index is -0.0760. The van der Waals surface area contributed by atoms with Crippen LogP contribution in [0.2, 0.25) is 0 Å². The highest BCUT2D eigenvalue weighted by Crippen LogP contribution is 2.37. The Morgan fingerprint density at radius 1 is 1.22 bits per heavy atom. The quantitative estimate of drug-likeness (QED) is 0.667. The van der Waals surface area contributed by atoms with E-state index in [0.717, 1.165) is 37.3 Å². The van der Waals surface area contributed by atoms with Crippen LogP contribution in [-0.4, -0.2) is 22.5 Å². The summed E-state index contributed by atoms with van der Waals surface area (Å²) in [6, 6.07) is 15.4. The SMILES string of the molecule is O=C(NCc1ccco1)c1ccc([C@H]2CCCN2Cc2ccccc2O)s1. The Morgan fingerprint density at radius 2 is 2.11 bits per heavy atom. The molecule has 27 heavy (non-hydrogen) atoms. The van der Waals surface area contributed by atoms with Gasteiger partial charge in [0.15, 0.2) is 0 Å². The molecular formula is C21H22N2O3S. The monoisotopic (exact) mass is 382 g/mol. The van der Waals surface area contributed by atoms with E-state index in [1.807, 2.05) is 36.4 Å². The van der Waals surface area contributed by atoms with Crippen LogP contribution in [0.3, 0.4) is 0 Å². The molecular weight excluding hydrogens is 360 g/mol. The molecule has 6 heteroatoms. The number of benzene rings is 1. The molecule has 0 unspecified atom stereocenters. The molecule has 1 atom stereocenters. The molecule has 4 rings (SSSR count). The van der Waals surface area contributed by atoms with Crippen molar-refractivity contribution in [2.45, 2.75) is 32.0 Å². The Morgan fingerprint density at radius 3 is 2.93 bits per heavy atom. The van der Waals surface area contributed by atoms with Crippen molar-refractivity contribution in [3.63, 3.8) is 0 Å². The van der Waals surface area contributed by atoms with Crippen LogP contribution in [0.1, 0.15) is 44.8 Å². The fraction of sp³-hybridized carbons (Fsp3) is 0.286. The zero-order valence-corrected chi connectivity index (χ0v) is 15.7. The summed E-state index contributed by atoms with van der Waals surface area (Å²) in [5.41, 5.74) is 0.942. The molecule has 0 aliphatic carbocycles. The third-order valence-corrected chi connectivity index (χ3v) is 6.10. The van der Waals surface area contributed by atoms with Crippen molar-refractivity contribution in [1.29, 1.82) is 0 Å². The van der Waals surface area contributed by atoms with Crippen LogP contribution in [0, 0.1) is 0 Å². The zero-order valence-electron chi connectivity index (χ0n) is 14.9. The maximum Gasteiger partial charge on any atom is 0.261 e. The fourth-order valence-corrected chi connectivity index (χ4v) is 4.62. The number of phenols is 1. The van der Waals surface area contributed by atoms with Crippen molar-refractivity contribution in [2.75, 3.05) is 6.54 Å². The minimum absolute atomic E-state index is 0.0760. The van der Waals surface area contributed by atoms with E-state index in [4.69, 9.17) is 4.42 Å². The summed E-state index contributed by atoms with van der Waals surface area (Å²) >= 11 is 1.55. The normalized spacial score (nSPS) is 17.3. The Labute approximate surface area is 162 Å². The largest absolute Gasteiger partial charge is 0.508 e. The van der Waals surface area contributed by atoms with Gasteiger partial charge < -0.3 is 14.8 Å². The van der Waals surface area contributed by atoms with Gasteiger partial charge in [-0.1, -0.05) is 18.2 Å². The molecule has 1 fully saturated rings. The predicted molar refractivity (Wildman–Crippen MR) is 105 cm³/mol. The van der Waals surface area contributed by atoms with Crippen molar-refractivity contribution < 1.29 is 14.3 Å². The summed E-state index contributed by atoms with van der Waals surface area (Å²) in [5.74, 6) is 1.00. The van der Waals surface area contributed by atoms with Gasteiger partial charge in [0, 0.05) is 23.0 Å². The number of likely N-dealkylation sites (tertiary alicyclic amines) is 1. The lowest BCUT2D eigenvalue weighted by atomic mass is 10.1. The summed E-state index contributed by atoms with van der Waals surface area (Å²) in [4.78, 5) is 16.7. The number of phenolic OH excluding ortho intramolecular Hbond substituents is 1. The number of nitrogens with zero attached hydrogens (tertiary/aromatic N) is 1.